The lowest BCUT2D eigenvalue weighted by Crippen LogP contribution is -2.41. The third-order valence-electron chi connectivity index (χ3n) is 8.16. The number of anilines is 4. The molecule has 0 aliphatic carbocycles. The number of carbonyl (C=O) groups is 2. The molecule has 0 bridgehead atoms. The van der Waals surface area contributed by atoms with Gasteiger partial charge in [0.05, 0.1) is 49.2 Å². The first-order valence-electron chi connectivity index (χ1n) is 15.5. The molecule has 3 aromatic rings. The summed E-state index contributed by atoms with van der Waals surface area (Å²) in [6.45, 7) is 8.82. The van der Waals surface area contributed by atoms with E-state index >= 15 is 0 Å². The topological polar surface area (TPSA) is 182 Å². The maximum atomic E-state index is 13.5. The Morgan fingerprint density at radius 1 is 1.02 bits per heavy atom. The van der Waals surface area contributed by atoms with E-state index in [9.17, 15) is 18.0 Å². The third-order valence-corrected chi connectivity index (χ3v) is 10.2. The van der Waals surface area contributed by atoms with Crippen LogP contribution in [0, 0.1) is 6.92 Å². The number of hydrogen-bond donors (Lipinski definition) is 2. The Morgan fingerprint density at radius 3 is 2.43 bits per heavy atom. The van der Waals surface area contributed by atoms with Crippen molar-refractivity contribution in [2.24, 2.45) is 5.14 Å². The molecule has 47 heavy (non-hydrogen) atoms. The van der Waals surface area contributed by atoms with Crippen LogP contribution in [0.25, 0.3) is 0 Å². The van der Waals surface area contributed by atoms with Crippen molar-refractivity contribution in [1.82, 2.24) is 19.9 Å². The monoisotopic (exact) mass is 686 g/mol. The van der Waals surface area contributed by atoms with Crippen LogP contribution in [0.2, 0.25) is 0 Å². The highest BCUT2D eigenvalue weighted by atomic mass is 32.2. The fraction of sp³-hybridized carbons (Fsp3) is 0.500. The standard InChI is InChI=1S/C30H38N8O7S2/c1-3-45-28(40)24-19(2)32-30(46-24)35-29-33-25(36-9-13-43-14-10-36)21-5-4-8-38(26(21)34-29)18-20-6-7-23(47(31,41)42)22(17-20)27(39)37-11-15-44-16-12-37/h6-7,17H,3-5,8-16,18H2,1-2H3,(H2,31,41,42)(H,32,33,34,35). The van der Waals surface area contributed by atoms with Crippen LogP contribution in [0.4, 0.5) is 22.7 Å². The minimum Gasteiger partial charge on any atom is -0.462 e. The van der Waals surface area contributed by atoms with E-state index in [2.05, 4.69) is 20.1 Å². The van der Waals surface area contributed by atoms with Crippen LogP contribution < -0.4 is 20.3 Å². The van der Waals surface area contributed by atoms with Crippen LogP contribution in [0.5, 0.6) is 0 Å². The molecular formula is C30H38N8O7S2. The average molecular weight is 687 g/mol. The largest absolute Gasteiger partial charge is 0.462 e. The van der Waals surface area contributed by atoms with Gasteiger partial charge in [-0.2, -0.15) is 9.97 Å². The zero-order valence-electron chi connectivity index (χ0n) is 26.4. The van der Waals surface area contributed by atoms with Crippen molar-refractivity contribution in [1.29, 1.82) is 0 Å². The molecule has 252 valence electrons. The Kier molecular flexibility index (Phi) is 9.88. The van der Waals surface area contributed by atoms with Gasteiger partial charge in [0.25, 0.3) is 5.91 Å². The Labute approximate surface area is 277 Å². The lowest BCUT2D eigenvalue weighted by molar-refractivity contribution is 0.0300. The lowest BCUT2D eigenvalue weighted by atomic mass is 10.0. The molecular weight excluding hydrogens is 649 g/mol. The van der Waals surface area contributed by atoms with Crippen molar-refractivity contribution >= 4 is 56.0 Å². The summed E-state index contributed by atoms with van der Waals surface area (Å²) in [5, 5.41) is 9.21. The molecule has 0 unspecified atom stereocenters. The van der Waals surface area contributed by atoms with E-state index < -0.39 is 21.9 Å². The number of hydrogen-bond acceptors (Lipinski definition) is 14. The van der Waals surface area contributed by atoms with E-state index in [1.165, 1.54) is 17.4 Å². The number of fused-ring (bicyclic) bond motifs is 1. The van der Waals surface area contributed by atoms with Crippen molar-refractivity contribution < 1.29 is 32.2 Å². The molecule has 15 nitrogen and oxygen atoms in total. The van der Waals surface area contributed by atoms with Crippen LogP contribution in [0.15, 0.2) is 23.1 Å². The van der Waals surface area contributed by atoms with Crippen molar-refractivity contribution in [3.8, 4) is 0 Å². The van der Waals surface area contributed by atoms with Gasteiger partial charge in [0.15, 0.2) is 5.13 Å². The molecule has 5 heterocycles. The summed E-state index contributed by atoms with van der Waals surface area (Å²) in [6.07, 6.45) is 1.62. The molecule has 3 aliphatic rings. The number of nitrogens with zero attached hydrogens (tertiary/aromatic N) is 6. The second-order valence-corrected chi connectivity index (χ2v) is 13.9. The SMILES string of the molecule is CCOC(=O)c1sc(Nc2nc(N3CCOCC3)c3c(n2)N(Cc2ccc(S(N)(=O)=O)c(C(=O)N4CCOCC4)c2)CCC3)nc1C. The van der Waals surface area contributed by atoms with Gasteiger partial charge in [-0.1, -0.05) is 17.4 Å². The first-order chi connectivity index (χ1) is 22.6. The summed E-state index contributed by atoms with van der Waals surface area (Å²) in [4.78, 5) is 46.4. The van der Waals surface area contributed by atoms with Gasteiger partial charge in [0, 0.05) is 44.8 Å². The highest BCUT2D eigenvalue weighted by Gasteiger charge is 2.30. The van der Waals surface area contributed by atoms with E-state index in [0.29, 0.717) is 87.3 Å². The first-order valence-corrected chi connectivity index (χ1v) is 17.9. The number of nitrogens with one attached hydrogen (secondary N) is 1. The number of ether oxygens (including phenoxy) is 3. The number of morpholine rings is 2. The normalized spacial score (nSPS) is 17.0. The van der Waals surface area contributed by atoms with Crippen molar-refractivity contribution in [2.75, 3.05) is 80.9 Å². The molecule has 0 spiro atoms. The molecule has 3 N–H and O–H groups in total. The molecule has 2 fully saturated rings. The fourth-order valence-corrected chi connectivity index (χ4v) is 7.49. The second-order valence-electron chi connectivity index (χ2n) is 11.4. The predicted molar refractivity (Wildman–Crippen MR) is 175 cm³/mol. The number of thiazole rings is 1. The fourth-order valence-electron chi connectivity index (χ4n) is 5.92. The van der Waals surface area contributed by atoms with E-state index in [-0.39, 0.29) is 17.1 Å². The number of amides is 1. The minimum absolute atomic E-state index is 0.0414. The van der Waals surface area contributed by atoms with Gasteiger partial charge in [0.1, 0.15) is 16.5 Å². The van der Waals surface area contributed by atoms with Gasteiger partial charge in [-0.05, 0) is 44.4 Å². The summed E-state index contributed by atoms with van der Waals surface area (Å²) in [6, 6.07) is 4.70. The number of esters is 1. The maximum absolute atomic E-state index is 13.5. The molecule has 3 aliphatic heterocycles. The minimum atomic E-state index is -4.15. The van der Waals surface area contributed by atoms with Gasteiger partial charge in [-0.3, -0.25) is 10.1 Å². The molecule has 17 heteroatoms. The van der Waals surface area contributed by atoms with Crippen LogP contribution in [-0.2, 0) is 37.2 Å². The van der Waals surface area contributed by atoms with Gasteiger partial charge in [0.2, 0.25) is 16.0 Å². The van der Waals surface area contributed by atoms with Gasteiger partial charge in [-0.25, -0.2) is 23.3 Å². The molecule has 2 aromatic heterocycles. The summed E-state index contributed by atoms with van der Waals surface area (Å²) < 4.78 is 41.1. The Morgan fingerprint density at radius 2 is 1.72 bits per heavy atom. The van der Waals surface area contributed by atoms with Crippen LogP contribution in [0.1, 0.15) is 50.2 Å². The van der Waals surface area contributed by atoms with Crippen molar-refractivity contribution in [3.05, 3.63) is 45.5 Å². The quantitative estimate of drug-likeness (QED) is 0.313. The number of aromatic nitrogens is 3. The number of benzene rings is 1. The van der Waals surface area contributed by atoms with E-state index in [4.69, 9.17) is 29.3 Å². The smallest absolute Gasteiger partial charge is 0.350 e. The van der Waals surface area contributed by atoms with Crippen LogP contribution in [0.3, 0.4) is 0 Å². The number of rotatable bonds is 9. The Bertz CT molecular complexity index is 1750. The Hall–Kier alpha value is -3.90. The summed E-state index contributed by atoms with van der Waals surface area (Å²) in [7, 11) is -4.15. The molecule has 0 radical (unpaired) electrons. The molecule has 0 atom stereocenters. The van der Waals surface area contributed by atoms with Crippen LogP contribution >= 0.6 is 11.3 Å². The summed E-state index contributed by atoms with van der Waals surface area (Å²) in [5.74, 6) is 1.03. The number of primary sulfonamides is 1. The highest BCUT2D eigenvalue weighted by molar-refractivity contribution is 7.89. The zero-order valence-corrected chi connectivity index (χ0v) is 28.0. The van der Waals surface area contributed by atoms with Crippen molar-refractivity contribution in [3.63, 3.8) is 0 Å². The molecule has 1 amide bonds. The average Bonchev–Trinajstić information content (AvgIpc) is 3.44. The van der Waals surface area contributed by atoms with E-state index in [1.54, 1.807) is 30.9 Å². The summed E-state index contributed by atoms with van der Waals surface area (Å²) >= 11 is 1.18. The number of nitrogens with two attached hydrogens (primary N) is 1. The number of carbonyl (C=O) groups excluding carboxylic acids is 2. The Balaban J connectivity index is 1.35. The first kappa shape index (κ1) is 33.0. The molecule has 2 saturated heterocycles. The molecule has 6 rings (SSSR count). The predicted octanol–water partition coefficient (Wildman–Crippen LogP) is 2.07. The summed E-state index contributed by atoms with van der Waals surface area (Å²) in [5.41, 5.74) is 2.32. The van der Waals surface area contributed by atoms with Gasteiger partial charge in [-0.15, -0.1) is 0 Å². The second kappa shape index (κ2) is 14.1. The van der Waals surface area contributed by atoms with E-state index in [1.807, 2.05) is 0 Å². The van der Waals surface area contributed by atoms with Gasteiger partial charge >= 0.3 is 5.97 Å². The third kappa shape index (κ3) is 7.33. The highest BCUT2D eigenvalue weighted by Crippen LogP contribution is 2.36. The van der Waals surface area contributed by atoms with Crippen LogP contribution in [-0.4, -0.2) is 106 Å². The maximum Gasteiger partial charge on any atom is 0.350 e. The van der Waals surface area contributed by atoms with Gasteiger partial charge < -0.3 is 28.9 Å². The van der Waals surface area contributed by atoms with Crippen molar-refractivity contribution in [2.45, 2.75) is 38.1 Å². The lowest BCUT2D eigenvalue weighted by Gasteiger charge is -2.35. The number of aryl methyl sites for hydroxylation is 1. The number of sulfonamides is 1. The molecule has 0 saturated carbocycles. The van der Waals surface area contributed by atoms with E-state index in [0.717, 1.165) is 35.6 Å². The zero-order chi connectivity index (χ0) is 33.1. The molecule has 1 aromatic carbocycles.